The van der Waals surface area contributed by atoms with E-state index in [1.54, 1.807) is 36.4 Å². The molecule has 0 unspecified atom stereocenters. The van der Waals surface area contributed by atoms with Crippen LogP contribution in [-0.4, -0.2) is 19.9 Å². The SMILES string of the molecule is N#CCCNS(=O)(=O)c1nc(-c2ccccc2)oc1-c1ccccc1. The van der Waals surface area contributed by atoms with Crippen LogP contribution in [-0.2, 0) is 10.0 Å². The molecule has 1 N–H and O–H groups in total. The minimum absolute atomic E-state index is 0.0145. The zero-order chi connectivity index (χ0) is 17.7. The monoisotopic (exact) mass is 353 g/mol. The number of hydrogen-bond donors (Lipinski definition) is 1. The van der Waals surface area contributed by atoms with Crippen LogP contribution in [0.4, 0.5) is 0 Å². The van der Waals surface area contributed by atoms with E-state index in [1.165, 1.54) is 0 Å². The van der Waals surface area contributed by atoms with Crippen molar-refractivity contribution in [3.05, 3.63) is 60.7 Å². The van der Waals surface area contributed by atoms with E-state index < -0.39 is 10.0 Å². The molecule has 0 bridgehead atoms. The Morgan fingerprint density at radius 2 is 1.60 bits per heavy atom. The fourth-order valence-electron chi connectivity index (χ4n) is 2.27. The third-order valence-corrected chi connectivity index (χ3v) is 4.81. The van der Waals surface area contributed by atoms with Gasteiger partial charge < -0.3 is 4.42 Å². The molecule has 0 radical (unpaired) electrons. The molecule has 2 aromatic carbocycles. The number of oxazole rings is 1. The fraction of sp³-hybridized carbons (Fsp3) is 0.111. The molecular formula is C18H15N3O3S. The highest BCUT2D eigenvalue weighted by molar-refractivity contribution is 7.89. The van der Waals surface area contributed by atoms with Gasteiger partial charge in [-0.2, -0.15) is 10.2 Å². The van der Waals surface area contributed by atoms with Crippen molar-refractivity contribution in [1.29, 1.82) is 5.26 Å². The predicted molar refractivity (Wildman–Crippen MR) is 92.8 cm³/mol. The van der Waals surface area contributed by atoms with E-state index in [2.05, 4.69) is 9.71 Å². The summed E-state index contributed by atoms with van der Waals surface area (Å²) in [5.74, 6) is 0.393. The number of aromatic nitrogens is 1. The van der Waals surface area contributed by atoms with E-state index in [-0.39, 0.29) is 29.6 Å². The maximum Gasteiger partial charge on any atom is 0.262 e. The van der Waals surface area contributed by atoms with Crippen LogP contribution in [0, 0.1) is 11.3 Å². The van der Waals surface area contributed by atoms with Crippen LogP contribution in [0.15, 0.2) is 70.1 Å². The maximum atomic E-state index is 12.6. The first-order valence-electron chi connectivity index (χ1n) is 7.60. The van der Waals surface area contributed by atoms with Crippen LogP contribution in [0.5, 0.6) is 0 Å². The van der Waals surface area contributed by atoms with Gasteiger partial charge in [-0.3, -0.25) is 0 Å². The van der Waals surface area contributed by atoms with Gasteiger partial charge in [0.1, 0.15) is 0 Å². The van der Waals surface area contributed by atoms with Gasteiger partial charge in [-0.1, -0.05) is 48.5 Å². The highest BCUT2D eigenvalue weighted by Crippen LogP contribution is 2.32. The lowest BCUT2D eigenvalue weighted by Gasteiger charge is -2.03. The summed E-state index contributed by atoms with van der Waals surface area (Å²) < 4.78 is 33.4. The molecule has 126 valence electrons. The van der Waals surface area contributed by atoms with Gasteiger partial charge in [-0.15, -0.1) is 0 Å². The Morgan fingerprint density at radius 3 is 2.20 bits per heavy atom. The molecule has 0 amide bonds. The van der Waals surface area contributed by atoms with Gasteiger partial charge in [0.2, 0.25) is 10.9 Å². The lowest BCUT2D eigenvalue weighted by atomic mass is 10.2. The number of nitrogens with one attached hydrogen (secondary N) is 1. The highest BCUT2D eigenvalue weighted by Gasteiger charge is 2.27. The fourth-order valence-corrected chi connectivity index (χ4v) is 3.39. The van der Waals surface area contributed by atoms with Crippen LogP contribution in [0.2, 0.25) is 0 Å². The molecular weight excluding hydrogens is 338 g/mol. The third kappa shape index (κ3) is 3.76. The Hall–Kier alpha value is -2.95. The van der Waals surface area contributed by atoms with Gasteiger partial charge in [0, 0.05) is 24.1 Å². The van der Waals surface area contributed by atoms with E-state index in [1.807, 2.05) is 30.3 Å². The summed E-state index contributed by atoms with van der Waals surface area (Å²) in [4.78, 5) is 4.21. The average molecular weight is 353 g/mol. The lowest BCUT2D eigenvalue weighted by Crippen LogP contribution is -2.25. The quantitative estimate of drug-likeness (QED) is 0.687. The molecule has 0 saturated carbocycles. The summed E-state index contributed by atoms with van der Waals surface area (Å²) >= 11 is 0. The molecule has 0 fully saturated rings. The number of hydrogen-bond acceptors (Lipinski definition) is 5. The van der Waals surface area contributed by atoms with Crippen molar-refractivity contribution in [2.75, 3.05) is 6.54 Å². The smallest absolute Gasteiger partial charge is 0.262 e. The topological polar surface area (TPSA) is 96.0 Å². The zero-order valence-corrected chi connectivity index (χ0v) is 14.0. The number of sulfonamides is 1. The molecule has 1 aromatic heterocycles. The third-order valence-electron chi connectivity index (χ3n) is 3.44. The van der Waals surface area contributed by atoms with Crippen molar-refractivity contribution in [1.82, 2.24) is 9.71 Å². The molecule has 3 aromatic rings. The Kier molecular flexibility index (Phi) is 4.93. The number of nitrogens with zero attached hydrogens (tertiary/aromatic N) is 2. The van der Waals surface area contributed by atoms with E-state index >= 15 is 0 Å². The van der Waals surface area contributed by atoms with Crippen molar-refractivity contribution < 1.29 is 12.8 Å². The minimum Gasteiger partial charge on any atom is -0.435 e. The second-order valence-electron chi connectivity index (χ2n) is 5.19. The van der Waals surface area contributed by atoms with Crippen LogP contribution >= 0.6 is 0 Å². The average Bonchev–Trinajstić information content (AvgIpc) is 3.10. The standard InChI is InChI=1S/C18H15N3O3S/c19-12-7-13-20-25(22,23)18-16(14-8-3-1-4-9-14)24-17(21-18)15-10-5-2-6-11-15/h1-6,8-11,20H,7,13H2. The summed E-state index contributed by atoms with van der Waals surface area (Å²) in [6.07, 6.45) is 0.0727. The first kappa shape index (κ1) is 16.9. The van der Waals surface area contributed by atoms with Crippen LogP contribution in [0.25, 0.3) is 22.8 Å². The summed E-state index contributed by atoms with van der Waals surface area (Å²) in [6.45, 7) is 0.0145. The van der Waals surface area contributed by atoms with Crippen molar-refractivity contribution >= 4 is 10.0 Å². The predicted octanol–water partition coefficient (Wildman–Crippen LogP) is 3.20. The first-order chi connectivity index (χ1) is 12.1. The molecule has 0 aliphatic rings. The molecule has 6 nitrogen and oxygen atoms in total. The summed E-state index contributed by atoms with van der Waals surface area (Å²) in [5.41, 5.74) is 1.29. The number of nitriles is 1. The Bertz CT molecular complexity index is 991. The van der Waals surface area contributed by atoms with Gasteiger partial charge in [0.05, 0.1) is 6.07 Å². The van der Waals surface area contributed by atoms with E-state index in [4.69, 9.17) is 9.68 Å². The van der Waals surface area contributed by atoms with E-state index in [0.29, 0.717) is 11.1 Å². The van der Waals surface area contributed by atoms with E-state index in [0.717, 1.165) is 0 Å². The molecule has 0 saturated heterocycles. The molecule has 3 rings (SSSR count). The number of rotatable bonds is 6. The van der Waals surface area contributed by atoms with Crippen molar-refractivity contribution in [2.45, 2.75) is 11.4 Å². The van der Waals surface area contributed by atoms with Crippen molar-refractivity contribution in [3.63, 3.8) is 0 Å². The molecule has 1 heterocycles. The molecule has 0 aliphatic heterocycles. The molecule has 0 atom stereocenters. The Labute approximate surface area is 145 Å². The van der Waals surface area contributed by atoms with Gasteiger partial charge in [-0.05, 0) is 12.1 Å². The molecule has 7 heteroatoms. The molecule has 0 aliphatic carbocycles. The van der Waals surface area contributed by atoms with Gasteiger partial charge in [-0.25, -0.2) is 13.1 Å². The van der Waals surface area contributed by atoms with Crippen molar-refractivity contribution in [3.8, 4) is 28.8 Å². The summed E-state index contributed by atoms with van der Waals surface area (Å²) in [6, 6.07) is 19.9. The van der Waals surface area contributed by atoms with Crippen molar-refractivity contribution in [2.24, 2.45) is 0 Å². The second kappa shape index (κ2) is 7.30. The normalized spacial score (nSPS) is 11.2. The number of benzene rings is 2. The second-order valence-corrected chi connectivity index (χ2v) is 6.87. The molecule has 25 heavy (non-hydrogen) atoms. The Morgan fingerprint density at radius 1 is 1.00 bits per heavy atom. The summed E-state index contributed by atoms with van der Waals surface area (Å²) in [7, 11) is -3.90. The van der Waals surface area contributed by atoms with Crippen LogP contribution in [0.1, 0.15) is 6.42 Å². The highest BCUT2D eigenvalue weighted by atomic mass is 32.2. The lowest BCUT2D eigenvalue weighted by molar-refractivity contribution is 0.572. The minimum atomic E-state index is -3.90. The Balaban J connectivity index is 2.10. The van der Waals surface area contributed by atoms with Gasteiger partial charge in [0.25, 0.3) is 10.0 Å². The van der Waals surface area contributed by atoms with Gasteiger partial charge in [0.15, 0.2) is 5.76 Å². The zero-order valence-electron chi connectivity index (χ0n) is 13.2. The van der Waals surface area contributed by atoms with Crippen LogP contribution in [0.3, 0.4) is 0 Å². The van der Waals surface area contributed by atoms with E-state index in [9.17, 15) is 8.42 Å². The first-order valence-corrected chi connectivity index (χ1v) is 9.08. The molecule has 0 spiro atoms. The summed E-state index contributed by atoms with van der Waals surface area (Å²) in [5, 5.41) is 8.42. The largest absolute Gasteiger partial charge is 0.435 e. The maximum absolute atomic E-state index is 12.6. The van der Waals surface area contributed by atoms with Gasteiger partial charge >= 0.3 is 0 Å². The van der Waals surface area contributed by atoms with Crippen LogP contribution < -0.4 is 4.72 Å².